The minimum absolute atomic E-state index is 0.147. The minimum Gasteiger partial charge on any atom is -0.497 e. The number of rotatable bonds is 4. The summed E-state index contributed by atoms with van der Waals surface area (Å²) in [4.78, 5) is 12.7. The summed E-state index contributed by atoms with van der Waals surface area (Å²) in [5.41, 5.74) is 8.10. The molecule has 0 saturated heterocycles. The van der Waals surface area contributed by atoms with E-state index in [-0.39, 0.29) is 6.04 Å². The molecule has 1 aromatic heterocycles. The maximum atomic E-state index is 5.36. The summed E-state index contributed by atoms with van der Waals surface area (Å²) in [5.74, 6) is 3.02. The van der Waals surface area contributed by atoms with Crippen LogP contribution in [0.4, 0.5) is 22.9 Å². The molecule has 0 radical (unpaired) electrons. The number of anilines is 2. The van der Waals surface area contributed by atoms with Gasteiger partial charge in [0.2, 0.25) is 0 Å². The molecule has 5 aromatic rings. The van der Waals surface area contributed by atoms with Crippen LogP contribution in [-0.2, 0) is 0 Å². The number of aryl methyl sites for hydroxylation is 2. The molecule has 0 aliphatic carbocycles. The van der Waals surface area contributed by atoms with Gasteiger partial charge in [-0.25, -0.2) is 14.7 Å². The Morgan fingerprint density at radius 1 is 0.750 bits per heavy atom. The van der Waals surface area contributed by atoms with Crippen LogP contribution in [-0.4, -0.2) is 28.6 Å². The molecule has 7 heteroatoms. The molecule has 0 saturated carbocycles. The van der Waals surface area contributed by atoms with E-state index in [1.807, 2.05) is 59.3 Å². The van der Waals surface area contributed by atoms with Gasteiger partial charge in [-0.3, -0.25) is 0 Å². The molecule has 7 nitrogen and oxygen atoms in total. The second-order valence-corrected chi connectivity index (χ2v) is 9.94. The van der Waals surface area contributed by atoms with Gasteiger partial charge in [-0.1, -0.05) is 60.7 Å². The monoisotopic (exact) mass is 524 g/mol. The van der Waals surface area contributed by atoms with Crippen LogP contribution in [0.3, 0.4) is 0 Å². The van der Waals surface area contributed by atoms with Crippen LogP contribution in [0.1, 0.15) is 28.4 Å². The van der Waals surface area contributed by atoms with Gasteiger partial charge in [0.05, 0.1) is 35.9 Å². The number of nitrogens with zero attached hydrogens (tertiary/aromatic N) is 5. The van der Waals surface area contributed by atoms with Crippen LogP contribution in [0.15, 0.2) is 113 Å². The lowest BCUT2D eigenvalue weighted by Crippen LogP contribution is -2.46. The van der Waals surface area contributed by atoms with Gasteiger partial charge in [0.25, 0.3) is 0 Å². The highest BCUT2D eigenvalue weighted by atomic mass is 16.5. The molecule has 4 aromatic carbocycles. The van der Waals surface area contributed by atoms with Crippen molar-refractivity contribution < 1.29 is 4.74 Å². The number of nitrogens with one attached hydrogen (secondary N) is 1. The second-order valence-electron chi connectivity index (χ2n) is 9.94. The summed E-state index contributed by atoms with van der Waals surface area (Å²) in [6.07, 6.45) is 0. The zero-order chi connectivity index (χ0) is 27.2. The SMILES string of the molecule is COc1ccc(NC2=Nc3ccccc3N3C2=Nc2c(c(C)nn2-c2ccccc2C)[C@@H]3c2ccccc2)cc1. The first-order valence-corrected chi connectivity index (χ1v) is 13.3. The molecule has 2 aliphatic rings. The first kappa shape index (κ1) is 23.9. The predicted octanol–water partition coefficient (Wildman–Crippen LogP) is 7.29. The number of amidine groups is 2. The summed E-state index contributed by atoms with van der Waals surface area (Å²) >= 11 is 0. The van der Waals surface area contributed by atoms with Crippen molar-refractivity contribution in [1.82, 2.24) is 9.78 Å². The third-order valence-corrected chi connectivity index (χ3v) is 7.45. The summed E-state index contributed by atoms with van der Waals surface area (Å²) in [5, 5.41) is 8.59. The Balaban J connectivity index is 1.48. The number of methoxy groups -OCH3 is 1. The van der Waals surface area contributed by atoms with Crippen LogP contribution in [0, 0.1) is 13.8 Å². The van der Waals surface area contributed by atoms with Crippen LogP contribution in [0.25, 0.3) is 5.69 Å². The molecule has 2 aliphatic heterocycles. The van der Waals surface area contributed by atoms with Gasteiger partial charge in [0.1, 0.15) is 5.75 Å². The maximum Gasteiger partial charge on any atom is 0.179 e. The van der Waals surface area contributed by atoms with Gasteiger partial charge in [0.15, 0.2) is 17.5 Å². The molecule has 1 atom stereocenters. The number of para-hydroxylation sites is 3. The molecule has 0 fully saturated rings. The van der Waals surface area contributed by atoms with E-state index in [0.29, 0.717) is 5.84 Å². The van der Waals surface area contributed by atoms with Crippen LogP contribution >= 0.6 is 0 Å². The van der Waals surface area contributed by atoms with Crippen LogP contribution in [0.5, 0.6) is 5.75 Å². The van der Waals surface area contributed by atoms with Crippen LogP contribution < -0.4 is 15.0 Å². The Bertz CT molecular complexity index is 1790. The van der Waals surface area contributed by atoms with E-state index in [1.165, 1.54) is 0 Å². The summed E-state index contributed by atoms with van der Waals surface area (Å²) < 4.78 is 7.34. The fourth-order valence-electron chi connectivity index (χ4n) is 5.53. The average molecular weight is 525 g/mol. The Labute approximate surface area is 233 Å². The molecule has 1 N–H and O–H groups in total. The van der Waals surface area contributed by atoms with Gasteiger partial charge >= 0.3 is 0 Å². The summed E-state index contributed by atoms with van der Waals surface area (Å²) in [7, 11) is 1.67. The normalized spacial score (nSPS) is 15.4. The van der Waals surface area contributed by atoms with E-state index in [1.54, 1.807) is 7.11 Å². The Morgan fingerprint density at radius 3 is 2.20 bits per heavy atom. The number of aliphatic imine (C=N–C) groups is 2. The fourth-order valence-corrected chi connectivity index (χ4v) is 5.53. The largest absolute Gasteiger partial charge is 0.497 e. The van der Waals surface area contributed by atoms with E-state index in [9.17, 15) is 0 Å². The van der Waals surface area contributed by atoms with Crippen molar-refractivity contribution in [2.45, 2.75) is 19.9 Å². The molecular formula is C33H28N6O. The zero-order valence-corrected chi connectivity index (χ0v) is 22.5. The second kappa shape index (κ2) is 9.54. The summed E-state index contributed by atoms with van der Waals surface area (Å²) in [6, 6.07) is 34.8. The van der Waals surface area contributed by atoms with Gasteiger partial charge in [0, 0.05) is 11.3 Å². The van der Waals surface area contributed by atoms with Gasteiger partial charge < -0.3 is 15.0 Å². The predicted molar refractivity (Wildman–Crippen MR) is 161 cm³/mol. The van der Waals surface area contributed by atoms with Crippen molar-refractivity contribution >= 4 is 34.6 Å². The van der Waals surface area contributed by atoms with Crippen molar-refractivity contribution in [3.63, 3.8) is 0 Å². The summed E-state index contributed by atoms with van der Waals surface area (Å²) in [6.45, 7) is 4.18. The third-order valence-electron chi connectivity index (χ3n) is 7.45. The van der Waals surface area contributed by atoms with Gasteiger partial charge in [-0.15, -0.1) is 0 Å². The average Bonchev–Trinajstić information content (AvgIpc) is 3.32. The topological polar surface area (TPSA) is 67.0 Å². The Kier molecular flexibility index (Phi) is 5.70. The number of hydrogen-bond acceptors (Lipinski definition) is 6. The fraction of sp³-hybridized carbons (Fsp3) is 0.121. The molecule has 0 unspecified atom stereocenters. The van der Waals surface area contributed by atoms with Crippen molar-refractivity contribution in [3.8, 4) is 11.4 Å². The molecule has 0 bridgehead atoms. The molecule has 196 valence electrons. The highest BCUT2D eigenvalue weighted by Gasteiger charge is 2.41. The lowest BCUT2D eigenvalue weighted by atomic mass is 9.93. The highest BCUT2D eigenvalue weighted by Crippen LogP contribution is 2.48. The minimum atomic E-state index is -0.147. The van der Waals surface area contributed by atoms with E-state index >= 15 is 0 Å². The number of ether oxygens (including phenoxy) is 1. The lowest BCUT2D eigenvalue weighted by molar-refractivity contribution is 0.415. The van der Waals surface area contributed by atoms with Crippen molar-refractivity contribution in [1.29, 1.82) is 0 Å². The molecule has 40 heavy (non-hydrogen) atoms. The van der Waals surface area contributed by atoms with Crippen LogP contribution in [0.2, 0.25) is 0 Å². The standard InChI is InChI=1S/C33H28N6O/c1-21-11-7-9-15-27(21)39-32-29(22(2)37-39)30(23-12-5-4-6-13-23)38-28-16-10-8-14-26(28)35-31(33(38)36-32)34-24-17-19-25(40-3)20-18-24/h4-20,30H,1-3H3,(H,34,35)/t30-/m0/s1. The van der Waals surface area contributed by atoms with E-state index in [2.05, 4.69) is 72.6 Å². The first-order valence-electron chi connectivity index (χ1n) is 13.3. The Morgan fingerprint density at radius 2 is 1.45 bits per heavy atom. The maximum absolute atomic E-state index is 5.36. The quantitative estimate of drug-likeness (QED) is 0.268. The zero-order valence-electron chi connectivity index (χ0n) is 22.5. The van der Waals surface area contributed by atoms with E-state index in [4.69, 9.17) is 19.8 Å². The molecule has 7 rings (SSSR count). The molecule has 0 amide bonds. The number of aromatic nitrogens is 2. The van der Waals surface area contributed by atoms with E-state index in [0.717, 1.165) is 62.5 Å². The van der Waals surface area contributed by atoms with Gasteiger partial charge in [-0.2, -0.15) is 5.10 Å². The smallest absolute Gasteiger partial charge is 0.179 e. The molecule has 3 heterocycles. The first-order chi connectivity index (χ1) is 19.6. The van der Waals surface area contributed by atoms with Crippen molar-refractivity contribution in [2.24, 2.45) is 9.98 Å². The van der Waals surface area contributed by atoms with Gasteiger partial charge in [-0.05, 0) is 67.4 Å². The number of fused-ring (bicyclic) bond motifs is 4. The molecule has 0 spiro atoms. The van der Waals surface area contributed by atoms with E-state index < -0.39 is 0 Å². The molecular weight excluding hydrogens is 496 g/mol. The Hall–Kier alpha value is -5.17. The highest BCUT2D eigenvalue weighted by molar-refractivity contribution is 6.51. The number of benzene rings is 4. The van der Waals surface area contributed by atoms with Crippen molar-refractivity contribution in [3.05, 3.63) is 126 Å². The lowest BCUT2D eigenvalue weighted by Gasteiger charge is -2.40. The third kappa shape index (κ3) is 3.86. The van der Waals surface area contributed by atoms with Crippen molar-refractivity contribution in [2.75, 3.05) is 17.3 Å². The number of hydrogen-bond donors (Lipinski definition) is 1.